The minimum Gasteiger partial charge on any atom is -0.387 e. The lowest BCUT2D eigenvalue weighted by molar-refractivity contribution is -0.390. The first kappa shape index (κ1) is 14.8. The van der Waals surface area contributed by atoms with Gasteiger partial charge >= 0.3 is 5.69 Å². The second kappa shape index (κ2) is 4.76. The number of para-hydroxylation sites is 1. The number of nitro benzene ring substituents is 1. The third kappa shape index (κ3) is 2.28. The minimum absolute atomic E-state index is 0.153. The van der Waals surface area contributed by atoms with Crippen LogP contribution in [0.3, 0.4) is 0 Å². The van der Waals surface area contributed by atoms with E-state index in [4.69, 9.17) is 0 Å². The predicted molar refractivity (Wildman–Crippen MR) is 67.1 cm³/mol. The van der Waals surface area contributed by atoms with Crippen molar-refractivity contribution in [3.05, 3.63) is 34.1 Å². The van der Waals surface area contributed by atoms with Gasteiger partial charge in [-0.1, -0.05) is 13.0 Å². The smallest absolute Gasteiger partial charge is 0.324 e. The van der Waals surface area contributed by atoms with Crippen LogP contribution in [-0.2, 0) is 10.0 Å². The zero-order valence-electron chi connectivity index (χ0n) is 10.6. The van der Waals surface area contributed by atoms with Gasteiger partial charge in [-0.25, -0.2) is 8.42 Å². The van der Waals surface area contributed by atoms with E-state index in [9.17, 15) is 28.0 Å². The Morgan fingerprint density at radius 3 is 2.60 bits per heavy atom. The van der Waals surface area contributed by atoms with Crippen LogP contribution in [0.1, 0.15) is 13.3 Å². The van der Waals surface area contributed by atoms with Gasteiger partial charge in [0.05, 0.1) is 10.5 Å². The van der Waals surface area contributed by atoms with E-state index in [-0.39, 0.29) is 13.1 Å². The van der Waals surface area contributed by atoms with Crippen molar-refractivity contribution in [2.75, 3.05) is 13.1 Å². The van der Waals surface area contributed by atoms with Gasteiger partial charge in [-0.05, 0) is 18.6 Å². The number of β-amino-alcohol motifs (C(OH)–C–C–N with tert-alkyl or cyclic N) is 1. The molecule has 20 heavy (non-hydrogen) atoms. The van der Waals surface area contributed by atoms with Crippen LogP contribution in [-0.4, -0.2) is 41.4 Å². The second-order valence-electron chi connectivity index (χ2n) is 4.69. The fraction of sp³-hybridized carbons (Fsp3) is 0.455. The Labute approximate surface area is 114 Å². The molecule has 0 aromatic heterocycles. The molecule has 1 aliphatic rings. The van der Waals surface area contributed by atoms with Crippen LogP contribution >= 0.6 is 0 Å². The Hall–Kier alpha value is -1.58. The summed E-state index contributed by atoms with van der Waals surface area (Å²) in [5.74, 6) is -1.21. The highest BCUT2D eigenvalue weighted by Crippen LogP contribution is 2.34. The Kier molecular flexibility index (Phi) is 3.53. The van der Waals surface area contributed by atoms with Gasteiger partial charge in [0.1, 0.15) is 0 Å². The maximum absolute atomic E-state index is 13.5. The van der Waals surface area contributed by atoms with Crippen LogP contribution in [0.15, 0.2) is 23.1 Å². The molecule has 0 saturated carbocycles. The van der Waals surface area contributed by atoms with Gasteiger partial charge in [-0.2, -0.15) is 8.70 Å². The summed E-state index contributed by atoms with van der Waals surface area (Å²) in [5, 5.41) is 20.7. The van der Waals surface area contributed by atoms with Crippen molar-refractivity contribution < 1.29 is 22.8 Å². The molecular formula is C11H13FN2O5S. The zero-order valence-corrected chi connectivity index (χ0v) is 11.4. The molecule has 7 nitrogen and oxygen atoms in total. The van der Waals surface area contributed by atoms with Gasteiger partial charge in [0, 0.05) is 13.1 Å². The lowest BCUT2D eigenvalue weighted by Gasteiger charge is -2.44. The summed E-state index contributed by atoms with van der Waals surface area (Å²) in [6.07, 6.45) is 0.365. The van der Waals surface area contributed by atoms with Gasteiger partial charge in [0.15, 0.2) is 4.90 Å². The second-order valence-corrected chi connectivity index (χ2v) is 6.60. The number of halogens is 1. The monoisotopic (exact) mass is 304 g/mol. The van der Waals surface area contributed by atoms with E-state index in [2.05, 4.69) is 0 Å². The van der Waals surface area contributed by atoms with Gasteiger partial charge < -0.3 is 5.11 Å². The van der Waals surface area contributed by atoms with Crippen molar-refractivity contribution in [3.8, 4) is 0 Å². The molecule has 9 heteroatoms. The lowest BCUT2D eigenvalue weighted by atomic mass is 9.94. The molecule has 1 saturated heterocycles. The van der Waals surface area contributed by atoms with Crippen molar-refractivity contribution in [1.82, 2.24) is 4.31 Å². The Morgan fingerprint density at radius 2 is 2.10 bits per heavy atom. The number of sulfonamides is 1. The van der Waals surface area contributed by atoms with Crippen molar-refractivity contribution >= 4 is 15.7 Å². The molecule has 0 amide bonds. The number of nitrogens with zero attached hydrogens (tertiary/aromatic N) is 2. The first-order chi connectivity index (χ1) is 9.21. The molecule has 1 aliphatic heterocycles. The SMILES string of the molecule is CCC1(O)CN(S(=O)(=O)c2cccc(F)c2[N+](=O)[O-])C1. The molecule has 1 heterocycles. The average molecular weight is 304 g/mol. The number of aliphatic hydroxyl groups is 1. The van der Waals surface area contributed by atoms with Gasteiger partial charge in [-0.3, -0.25) is 10.1 Å². The van der Waals surface area contributed by atoms with E-state index >= 15 is 0 Å². The highest BCUT2D eigenvalue weighted by atomic mass is 32.2. The average Bonchev–Trinajstić information content (AvgIpc) is 2.34. The maximum atomic E-state index is 13.5. The summed E-state index contributed by atoms with van der Waals surface area (Å²) in [6, 6.07) is 2.91. The molecule has 2 rings (SSSR count). The molecule has 1 aromatic carbocycles. The standard InChI is InChI=1S/C11H13FN2O5S/c1-2-11(15)6-13(7-11)20(18,19)9-5-3-4-8(12)10(9)14(16)17/h3-5,15H,2,6-7H2,1H3. The number of hydrogen-bond donors (Lipinski definition) is 1. The van der Waals surface area contributed by atoms with E-state index < -0.39 is 36.9 Å². The predicted octanol–water partition coefficient (Wildman–Crippen LogP) is 0.879. The molecule has 0 aliphatic carbocycles. The Balaban J connectivity index is 2.42. The van der Waals surface area contributed by atoms with E-state index in [0.29, 0.717) is 6.42 Å². The van der Waals surface area contributed by atoms with Crippen LogP contribution in [0.4, 0.5) is 10.1 Å². The normalized spacial score (nSPS) is 18.6. The number of benzene rings is 1. The third-order valence-corrected chi connectivity index (χ3v) is 5.17. The van der Waals surface area contributed by atoms with Crippen LogP contribution in [0.5, 0.6) is 0 Å². The quantitative estimate of drug-likeness (QED) is 0.657. The molecule has 0 atom stereocenters. The summed E-state index contributed by atoms with van der Waals surface area (Å²) < 4.78 is 38.8. The maximum Gasteiger partial charge on any atom is 0.324 e. The van der Waals surface area contributed by atoms with E-state index in [1.165, 1.54) is 0 Å². The van der Waals surface area contributed by atoms with Crippen LogP contribution in [0, 0.1) is 15.9 Å². The van der Waals surface area contributed by atoms with Crippen LogP contribution in [0.2, 0.25) is 0 Å². The molecule has 1 aromatic rings. The molecular weight excluding hydrogens is 291 g/mol. The number of nitro groups is 1. The van der Waals surface area contributed by atoms with E-state index in [1.54, 1.807) is 6.92 Å². The first-order valence-corrected chi connectivity index (χ1v) is 7.31. The van der Waals surface area contributed by atoms with E-state index in [1.807, 2.05) is 0 Å². The molecule has 0 radical (unpaired) electrons. The van der Waals surface area contributed by atoms with Crippen molar-refractivity contribution in [2.45, 2.75) is 23.8 Å². The largest absolute Gasteiger partial charge is 0.387 e. The summed E-state index contributed by atoms with van der Waals surface area (Å²) in [4.78, 5) is 9.08. The first-order valence-electron chi connectivity index (χ1n) is 5.87. The highest BCUT2D eigenvalue weighted by Gasteiger charge is 2.47. The Morgan fingerprint density at radius 1 is 1.50 bits per heavy atom. The third-order valence-electron chi connectivity index (χ3n) is 3.35. The fourth-order valence-corrected chi connectivity index (χ4v) is 3.79. The molecule has 0 unspecified atom stereocenters. The van der Waals surface area contributed by atoms with Gasteiger partial charge in [0.2, 0.25) is 15.8 Å². The summed E-state index contributed by atoms with van der Waals surface area (Å²) in [5.41, 5.74) is -2.19. The molecule has 1 fully saturated rings. The summed E-state index contributed by atoms with van der Waals surface area (Å²) in [7, 11) is -4.19. The number of rotatable bonds is 4. The van der Waals surface area contributed by atoms with Crippen LogP contribution < -0.4 is 0 Å². The highest BCUT2D eigenvalue weighted by molar-refractivity contribution is 7.89. The van der Waals surface area contributed by atoms with Gasteiger partial charge in [-0.15, -0.1) is 0 Å². The summed E-state index contributed by atoms with van der Waals surface area (Å²) >= 11 is 0. The lowest BCUT2D eigenvalue weighted by Crippen LogP contribution is -2.62. The fourth-order valence-electron chi connectivity index (χ4n) is 2.02. The van der Waals surface area contributed by atoms with Crippen molar-refractivity contribution in [2.24, 2.45) is 0 Å². The number of hydrogen-bond acceptors (Lipinski definition) is 5. The topological polar surface area (TPSA) is 101 Å². The molecule has 1 N–H and O–H groups in total. The van der Waals surface area contributed by atoms with Crippen molar-refractivity contribution in [1.29, 1.82) is 0 Å². The van der Waals surface area contributed by atoms with E-state index in [0.717, 1.165) is 22.5 Å². The summed E-state index contributed by atoms with van der Waals surface area (Å²) in [6.45, 7) is 1.40. The Bertz CT molecular complexity index is 655. The van der Waals surface area contributed by atoms with Gasteiger partial charge in [0.25, 0.3) is 0 Å². The molecule has 110 valence electrons. The molecule has 0 bridgehead atoms. The van der Waals surface area contributed by atoms with Crippen LogP contribution in [0.25, 0.3) is 0 Å². The zero-order chi connectivity index (χ0) is 15.1. The molecule has 0 spiro atoms. The van der Waals surface area contributed by atoms with Crippen molar-refractivity contribution in [3.63, 3.8) is 0 Å². The minimum atomic E-state index is -4.19.